The van der Waals surface area contributed by atoms with E-state index < -0.39 is 40.3 Å². The van der Waals surface area contributed by atoms with Gasteiger partial charge in [0.1, 0.15) is 10.0 Å². The van der Waals surface area contributed by atoms with E-state index >= 15 is 0 Å². The van der Waals surface area contributed by atoms with E-state index in [2.05, 4.69) is 10.2 Å². The van der Waals surface area contributed by atoms with Gasteiger partial charge < -0.3 is 0 Å². The van der Waals surface area contributed by atoms with Crippen LogP contribution < -0.4 is 0 Å². The van der Waals surface area contributed by atoms with Crippen molar-refractivity contribution in [3.05, 3.63) is 16.1 Å². The Labute approximate surface area is 110 Å². The molecule has 0 saturated heterocycles. The van der Waals surface area contributed by atoms with Crippen LogP contribution in [0.5, 0.6) is 0 Å². The lowest BCUT2D eigenvalue weighted by atomic mass is 9.86. The monoisotopic (exact) mass is 324 g/mol. The van der Waals surface area contributed by atoms with Gasteiger partial charge in [0.2, 0.25) is 0 Å². The van der Waals surface area contributed by atoms with E-state index in [1.807, 2.05) is 0 Å². The van der Waals surface area contributed by atoms with E-state index in [-0.39, 0.29) is 5.01 Å². The number of hydrogen-bond donors (Lipinski definition) is 0. The molecule has 0 spiro atoms. The summed E-state index contributed by atoms with van der Waals surface area (Å²) >= 11 is 0.316. The van der Waals surface area contributed by atoms with Crippen LogP contribution >= 0.6 is 11.3 Å². The molecule has 20 heavy (non-hydrogen) atoms. The number of allylic oxidation sites excluding steroid dienone is 2. The van der Waals surface area contributed by atoms with Crippen LogP contribution in [0, 0.1) is 6.92 Å². The molecule has 0 fully saturated rings. The Morgan fingerprint density at radius 2 is 1.45 bits per heavy atom. The smallest absolute Gasteiger partial charge is 0.195 e. The van der Waals surface area contributed by atoms with Crippen molar-refractivity contribution in [2.24, 2.45) is 0 Å². The maximum Gasteiger partial charge on any atom is 0.383 e. The molecule has 112 valence electrons. The van der Waals surface area contributed by atoms with Gasteiger partial charge in [-0.25, -0.2) is 0 Å². The highest BCUT2D eigenvalue weighted by Gasteiger charge is 2.84. The molecular formula is C9H4F8N2S. The molecule has 1 aromatic rings. The minimum Gasteiger partial charge on any atom is -0.195 e. The van der Waals surface area contributed by atoms with Crippen LogP contribution in [-0.2, 0) is 0 Å². The van der Waals surface area contributed by atoms with Crippen molar-refractivity contribution in [1.82, 2.24) is 10.2 Å². The summed E-state index contributed by atoms with van der Waals surface area (Å²) in [5.74, 6) is -23.4. The zero-order valence-electron chi connectivity index (χ0n) is 9.40. The molecule has 0 aliphatic heterocycles. The highest BCUT2D eigenvalue weighted by molar-refractivity contribution is 7.12. The number of alkyl halides is 8. The van der Waals surface area contributed by atoms with E-state index in [0.29, 0.717) is 11.3 Å². The van der Waals surface area contributed by atoms with Gasteiger partial charge in [-0.1, -0.05) is 11.3 Å². The lowest BCUT2D eigenvalue weighted by Gasteiger charge is -2.40. The number of aryl methyl sites for hydroxylation is 1. The highest BCUT2D eigenvalue weighted by Crippen LogP contribution is 2.61. The van der Waals surface area contributed by atoms with Crippen molar-refractivity contribution in [1.29, 1.82) is 0 Å². The summed E-state index contributed by atoms with van der Waals surface area (Å²) < 4.78 is 105. The van der Waals surface area contributed by atoms with Crippen LogP contribution in [-0.4, -0.2) is 33.9 Å². The topological polar surface area (TPSA) is 25.8 Å². The standard InChI is InChI=1S/C9H4F8N2S/c1-3-18-19-5(20-3)4-2-6(10,11)8(14,15)9(16,17)7(4,12)13/h2H,1H3. The van der Waals surface area contributed by atoms with Crippen LogP contribution in [0.1, 0.15) is 10.0 Å². The summed E-state index contributed by atoms with van der Waals surface area (Å²) in [6, 6.07) is 0. The van der Waals surface area contributed by atoms with Crippen molar-refractivity contribution in [2.45, 2.75) is 30.6 Å². The van der Waals surface area contributed by atoms with E-state index in [4.69, 9.17) is 0 Å². The third kappa shape index (κ3) is 1.68. The minimum absolute atomic E-state index is 0.0284. The minimum atomic E-state index is -6.26. The lowest BCUT2D eigenvalue weighted by Crippen LogP contribution is -2.64. The van der Waals surface area contributed by atoms with Gasteiger partial charge in [-0.05, 0) is 6.92 Å². The maximum absolute atomic E-state index is 13.5. The first kappa shape index (κ1) is 15.1. The molecule has 11 heteroatoms. The van der Waals surface area contributed by atoms with Gasteiger partial charge in [0.15, 0.2) is 0 Å². The van der Waals surface area contributed by atoms with Gasteiger partial charge in [-0.15, -0.1) is 10.2 Å². The molecule has 1 heterocycles. The van der Waals surface area contributed by atoms with Crippen LogP contribution in [0.2, 0.25) is 0 Å². The van der Waals surface area contributed by atoms with Crippen LogP contribution in [0.4, 0.5) is 35.1 Å². The first-order valence-corrected chi connectivity index (χ1v) is 5.71. The lowest BCUT2D eigenvalue weighted by molar-refractivity contribution is -0.348. The van der Waals surface area contributed by atoms with E-state index in [0.717, 1.165) is 0 Å². The number of nitrogens with zero attached hydrogens (tertiary/aromatic N) is 2. The van der Waals surface area contributed by atoms with Gasteiger partial charge in [-0.3, -0.25) is 0 Å². The van der Waals surface area contributed by atoms with Crippen LogP contribution in [0.3, 0.4) is 0 Å². The molecule has 2 nitrogen and oxygen atoms in total. The zero-order chi connectivity index (χ0) is 15.6. The second-order valence-electron chi connectivity index (χ2n) is 4.03. The largest absolute Gasteiger partial charge is 0.383 e. The van der Waals surface area contributed by atoms with E-state index in [9.17, 15) is 35.1 Å². The van der Waals surface area contributed by atoms with Crippen molar-refractivity contribution in [3.8, 4) is 0 Å². The summed E-state index contributed by atoms with van der Waals surface area (Å²) in [7, 11) is 0. The van der Waals surface area contributed by atoms with Gasteiger partial charge in [0.05, 0.1) is 5.57 Å². The summed E-state index contributed by atoms with van der Waals surface area (Å²) in [4.78, 5) is 0. The molecule has 0 atom stereocenters. The second-order valence-corrected chi connectivity index (χ2v) is 5.21. The van der Waals surface area contributed by atoms with Gasteiger partial charge in [0.25, 0.3) is 0 Å². The molecule has 1 aliphatic rings. The number of hydrogen-bond acceptors (Lipinski definition) is 3. The van der Waals surface area contributed by atoms with E-state index in [1.54, 1.807) is 0 Å². The molecule has 0 amide bonds. The summed E-state index contributed by atoms with van der Waals surface area (Å²) in [5.41, 5.74) is -1.95. The van der Waals surface area contributed by atoms with Crippen LogP contribution in [0.15, 0.2) is 6.08 Å². The predicted molar refractivity (Wildman–Crippen MR) is 52.4 cm³/mol. The molecule has 0 N–H and O–H groups in total. The van der Waals surface area contributed by atoms with Crippen molar-refractivity contribution in [3.63, 3.8) is 0 Å². The Bertz CT molecular complexity index is 576. The molecule has 0 saturated carbocycles. The molecule has 1 aliphatic carbocycles. The van der Waals surface area contributed by atoms with Crippen molar-refractivity contribution >= 4 is 16.9 Å². The van der Waals surface area contributed by atoms with Crippen molar-refractivity contribution < 1.29 is 35.1 Å². The molecule has 2 rings (SSSR count). The average molecular weight is 324 g/mol. The van der Waals surface area contributed by atoms with Gasteiger partial charge >= 0.3 is 23.7 Å². The Balaban J connectivity index is 2.72. The molecule has 0 unspecified atom stereocenters. The maximum atomic E-state index is 13.5. The zero-order valence-corrected chi connectivity index (χ0v) is 10.2. The molecule has 0 radical (unpaired) electrons. The normalized spacial score (nSPS) is 26.1. The first-order chi connectivity index (χ1) is 8.84. The second kappa shape index (κ2) is 3.89. The summed E-state index contributed by atoms with van der Waals surface area (Å²) in [6.07, 6.45) is -0.871. The first-order valence-electron chi connectivity index (χ1n) is 4.89. The molecule has 0 bridgehead atoms. The van der Waals surface area contributed by atoms with Gasteiger partial charge in [0, 0.05) is 6.08 Å². The van der Waals surface area contributed by atoms with Gasteiger partial charge in [-0.2, -0.15) is 35.1 Å². The fraction of sp³-hybridized carbons (Fsp3) is 0.556. The Hall–Kier alpha value is -1.26. The SMILES string of the molecule is Cc1nnc(C2=CC(F)(F)C(F)(F)C(F)(F)C2(F)F)s1. The molecular weight excluding hydrogens is 320 g/mol. The highest BCUT2D eigenvalue weighted by atomic mass is 32.1. The Morgan fingerprint density at radius 3 is 1.90 bits per heavy atom. The predicted octanol–water partition coefficient (Wildman–Crippen LogP) is 3.78. The van der Waals surface area contributed by atoms with Crippen LogP contribution in [0.25, 0.3) is 5.57 Å². The third-order valence-corrected chi connectivity index (χ3v) is 3.50. The Morgan fingerprint density at radius 1 is 0.900 bits per heavy atom. The van der Waals surface area contributed by atoms with Crippen molar-refractivity contribution in [2.75, 3.05) is 0 Å². The number of aromatic nitrogens is 2. The summed E-state index contributed by atoms with van der Waals surface area (Å²) in [5, 5.41) is 5.30. The average Bonchev–Trinajstić information content (AvgIpc) is 2.70. The molecule has 0 aromatic carbocycles. The number of rotatable bonds is 1. The summed E-state index contributed by atoms with van der Waals surface area (Å²) in [6.45, 7) is 1.26. The fourth-order valence-corrected chi connectivity index (χ4v) is 2.28. The Kier molecular flexibility index (Phi) is 2.95. The van der Waals surface area contributed by atoms with E-state index in [1.165, 1.54) is 6.92 Å². The quantitative estimate of drug-likeness (QED) is 0.735. The number of halogens is 8. The molecule has 1 aromatic heterocycles. The fourth-order valence-electron chi connectivity index (χ4n) is 1.54. The third-order valence-electron chi connectivity index (χ3n) is 2.63.